The van der Waals surface area contributed by atoms with Crippen LogP contribution in [-0.4, -0.2) is 19.8 Å². The largest absolute Gasteiger partial charge is 0.342 e. The molecule has 4 aliphatic rings. The van der Waals surface area contributed by atoms with Crippen LogP contribution in [0.2, 0.25) is 5.54 Å². The molecule has 3 aliphatic carbocycles. The molecule has 1 aromatic heterocycles. The van der Waals surface area contributed by atoms with E-state index in [1.807, 2.05) is 6.07 Å². The molecular formula is C37H36N3Si. The Bertz CT molecular complexity index is 1610. The van der Waals surface area contributed by atoms with Crippen molar-refractivity contribution >= 4 is 25.2 Å². The molecule has 3 nitrogen and oxygen atoms in total. The molecular weight excluding hydrogens is 515 g/mol. The van der Waals surface area contributed by atoms with Crippen molar-refractivity contribution in [2.24, 2.45) is 5.92 Å². The summed E-state index contributed by atoms with van der Waals surface area (Å²) in [5, 5.41) is 12.6. The van der Waals surface area contributed by atoms with Crippen LogP contribution in [0.15, 0.2) is 114 Å². The molecule has 1 aliphatic heterocycles. The van der Waals surface area contributed by atoms with E-state index in [1.54, 1.807) is 28.3 Å². The summed E-state index contributed by atoms with van der Waals surface area (Å²) in [6.07, 6.45) is 20.6. The maximum atomic E-state index is 9.34. The third kappa shape index (κ3) is 4.73. The van der Waals surface area contributed by atoms with Gasteiger partial charge in [0, 0.05) is 29.5 Å². The Balaban J connectivity index is 1.29. The van der Waals surface area contributed by atoms with Crippen molar-refractivity contribution in [2.45, 2.75) is 62.9 Å². The van der Waals surface area contributed by atoms with Crippen LogP contribution < -0.4 is 10.1 Å². The van der Waals surface area contributed by atoms with Gasteiger partial charge in [0.25, 0.3) is 0 Å². The second kappa shape index (κ2) is 11.1. The van der Waals surface area contributed by atoms with Crippen LogP contribution in [0.4, 0.5) is 5.69 Å². The van der Waals surface area contributed by atoms with Crippen LogP contribution in [-0.2, 0) is 0 Å². The highest BCUT2D eigenvalue weighted by Crippen LogP contribution is 2.51. The van der Waals surface area contributed by atoms with Crippen molar-refractivity contribution in [2.75, 3.05) is 4.90 Å². The fraction of sp³-hybridized carbons (Fsp3) is 0.297. The first-order valence-electron chi connectivity index (χ1n) is 15.2. The second-order valence-electron chi connectivity index (χ2n) is 11.9. The number of anilines is 1. The van der Waals surface area contributed by atoms with Crippen LogP contribution in [0.25, 0.3) is 5.57 Å². The van der Waals surface area contributed by atoms with Gasteiger partial charge in [-0.3, -0.25) is 4.98 Å². The van der Waals surface area contributed by atoms with Gasteiger partial charge in [0.15, 0.2) is 0 Å². The number of aromatic nitrogens is 1. The number of para-hydroxylation sites is 1. The third-order valence-corrected chi connectivity index (χ3v) is 13.2. The fourth-order valence-corrected chi connectivity index (χ4v) is 11.6. The highest BCUT2D eigenvalue weighted by molar-refractivity contribution is 6.82. The molecule has 0 spiro atoms. The molecule has 1 saturated carbocycles. The molecule has 1 radical (unpaired) electrons. The van der Waals surface area contributed by atoms with Crippen molar-refractivity contribution in [3.63, 3.8) is 0 Å². The first-order valence-corrected chi connectivity index (χ1v) is 16.8. The summed E-state index contributed by atoms with van der Waals surface area (Å²) in [4.78, 5) is 7.37. The van der Waals surface area contributed by atoms with E-state index in [4.69, 9.17) is 0 Å². The number of hydrogen-bond acceptors (Lipinski definition) is 3. The van der Waals surface area contributed by atoms with Crippen molar-refractivity contribution in [3.05, 3.63) is 131 Å². The molecule has 41 heavy (non-hydrogen) atoms. The zero-order chi connectivity index (χ0) is 27.8. The van der Waals surface area contributed by atoms with E-state index in [9.17, 15) is 5.26 Å². The summed E-state index contributed by atoms with van der Waals surface area (Å²) in [5.41, 5.74) is 7.74. The highest BCUT2D eigenvalue weighted by Gasteiger charge is 2.48. The Morgan fingerprint density at radius 1 is 1.00 bits per heavy atom. The van der Waals surface area contributed by atoms with Crippen LogP contribution >= 0.6 is 0 Å². The van der Waals surface area contributed by atoms with Crippen molar-refractivity contribution < 1.29 is 0 Å². The Morgan fingerprint density at radius 2 is 1.85 bits per heavy atom. The van der Waals surface area contributed by atoms with Gasteiger partial charge in [0.05, 0.1) is 17.3 Å². The lowest BCUT2D eigenvalue weighted by Crippen LogP contribution is -2.57. The molecule has 2 heterocycles. The van der Waals surface area contributed by atoms with E-state index in [0.717, 1.165) is 36.4 Å². The van der Waals surface area contributed by atoms with Crippen molar-refractivity contribution in [3.8, 4) is 6.07 Å². The normalized spacial score (nSPS) is 25.8. The molecule has 4 unspecified atom stereocenters. The molecule has 0 amide bonds. The Hall–Kier alpha value is -3.94. The number of hydrogen-bond donors (Lipinski definition) is 0. The summed E-state index contributed by atoms with van der Waals surface area (Å²) in [6, 6.07) is 27.1. The van der Waals surface area contributed by atoms with Crippen molar-refractivity contribution in [1.82, 2.24) is 4.98 Å². The third-order valence-electron chi connectivity index (χ3n) is 9.54. The topological polar surface area (TPSA) is 39.9 Å². The number of benzene rings is 2. The van der Waals surface area contributed by atoms with E-state index < -0.39 is 8.80 Å². The predicted octanol–water partition coefficient (Wildman–Crippen LogP) is 8.00. The number of rotatable bonds is 4. The lowest BCUT2D eigenvalue weighted by Gasteiger charge is -2.53. The molecule has 4 heteroatoms. The minimum atomic E-state index is -0.893. The van der Waals surface area contributed by atoms with Crippen LogP contribution in [0, 0.1) is 17.2 Å². The van der Waals surface area contributed by atoms with Gasteiger partial charge < -0.3 is 4.90 Å². The SMILES string of the molecule is CC1CCCC2C1[Si](c1ccccc1)C1=C(CCC=C1)N2c1ccccc1C1C=CC(c2cc(C#N)ccn2)=CC1. The molecule has 7 rings (SSSR count). The monoisotopic (exact) mass is 550 g/mol. The second-order valence-corrected chi connectivity index (χ2v) is 14.5. The summed E-state index contributed by atoms with van der Waals surface area (Å²) < 4.78 is 0. The Kier molecular flexibility index (Phi) is 7.06. The van der Waals surface area contributed by atoms with Crippen LogP contribution in [0.5, 0.6) is 0 Å². The van der Waals surface area contributed by atoms with E-state index in [0.29, 0.717) is 23.1 Å². The molecule has 0 saturated heterocycles. The molecule has 4 atom stereocenters. The van der Waals surface area contributed by atoms with E-state index in [-0.39, 0.29) is 0 Å². The Labute approximate surface area is 245 Å². The van der Waals surface area contributed by atoms with Gasteiger partial charge in [-0.05, 0) is 71.7 Å². The summed E-state index contributed by atoms with van der Waals surface area (Å²) in [7, 11) is -0.893. The lowest BCUT2D eigenvalue weighted by molar-refractivity contribution is 0.328. The minimum Gasteiger partial charge on any atom is -0.342 e. The van der Waals surface area contributed by atoms with Gasteiger partial charge in [-0.2, -0.15) is 5.26 Å². The Morgan fingerprint density at radius 3 is 2.68 bits per heavy atom. The highest BCUT2D eigenvalue weighted by atomic mass is 28.3. The summed E-state index contributed by atoms with van der Waals surface area (Å²) in [5.74, 6) is 1.04. The summed E-state index contributed by atoms with van der Waals surface area (Å²) in [6.45, 7) is 2.53. The van der Waals surface area contributed by atoms with Gasteiger partial charge in [-0.25, -0.2) is 0 Å². The molecule has 0 bridgehead atoms. The number of nitriles is 1. The molecule has 203 valence electrons. The van der Waals surface area contributed by atoms with Gasteiger partial charge in [-0.15, -0.1) is 0 Å². The van der Waals surface area contributed by atoms with E-state index >= 15 is 0 Å². The fourth-order valence-electron chi connectivity index (χ4n) is 7.69. The number of fused-ring (bicyclic) bond motifs is 1. The average molecular weight is 551 g/mol. The molecule has 3 aromatic rings. The summed E-state index contributed by atoms with van der Waals surface area (Å²) >= 11 is 0. The number of allylic oxidation sites excluding steroid dienone is 8. The number of nitrogens with zero attached hydrogens (tertiary/aromatic N) is 3. The van der Waals surface area contributed by atoms with Gasteiger partial charge >= 0.3 is 0 Å². The molecule has 0 N–H and O–H groups in total. The molecule has 2 aromatic carbocycles. The minimum absolute atomic E-state index is 0.317. The van der Waals surface area contributed by atoms with Gasteiger partial charge in [0.1, 0.15) is 8.80 Å². The van der Waals surface area contributed by atoms with Gasteiger partial charge in [0.2, 0.25) is 0 Å². The van der Waals surface area contributed by atoms with Crippen molar-refractivity contribution in [1.29, 1.82) is 5.26 Å². The van der Waals surface area contributed by atoms with Gasteiger partial charge in [-0.1, -0.05) is 104 Å². The first-order chi connectivity index (χ1) is 20.2. The van der Waals surface area contributed by atoms with E-state index in [1.165, 1.54) is 30.5 Å². The maximum absolute atomic E-state index is 9.34. The number of pyridine rings is 1. The van der Waals surface area contributed by atoms with E-state index in [2.05, 4.69) is 108 Å². The quantitative estimate of drug-likeness (QED) is 0.309. The standard InChI is InChI=1S/C37H36N3Si/c1-26-10-9-16-35-37(26)41(30-11-3-2-4-12-30)36-17-8-7-15-34(36)40(35)33-14-6-5-13-31(33)28-18-20-29(21-19-28)32-24-27(25-38)22-23-39-32/h2-6,8,11-14,17-18,20-24,26,28,35,37H,7,9-10,15-16,19H2,1H3. The van der Waals surface area contributed by atoms with Crippen LogP contribution in [0.1, 0.15) is 68.2 Å². The maximum Gasteiger partial charge on any atom is 0.129 e. The zero-order valence-electron chi connectivity index (χ0n) is 23.7. The average Bonchev–Trinajstić information content (AvgIpc) is 3.04. The smallest absolute Gasteiger partial charge is 0.129 e. The predicted molar refractivity (Wildman–Crippen MR) is 170 cm³/mol. The lowest BCUT2D eigenvalue weighted by atomic mass is 9.82. The van der Waals surface area contributed by atoms with Crippen LogP contribution in [0.3, 0.4) is 0 Å². The molecule has 1 fully saturated rings. The first kappa shape index (κ1) is 26.0. The zero-order valence-corrected chi connectivity index (χ0v) is 24.7.